The summed E-state index contributed by atoms with van der Waals surface area (Å²) in [5, 5.41) is 1.07. The van der Waals surface area contributed by atoms with Gasteiger partial charge in [0.2, 0.25) is 0 Å². The zero-order chi connectivity index (χ0) is 15.8. The number of aromatic amines is 1. The molecular weight excluding hydrogens is 288 g/mol. The molecule has 23 heavy (non-hydrogen) atoms. The summed E-state index contributed by atoms with van der Waals surface area (Å²) >= 11 is 0. The van der Waals surface area contributed by atoms with Crippen molar-refractivity contribution in [3.8, 4) is 0 Å². The molecule has 0 bridgehead atoms. The Morgan fingerprint density at radius 3 is 3.17 bits per heavy atom. The highest BCUT2D eigenvalue weighted by Crippen LogP contribution is 2.21. The second kappa shape index (κ2) is 5.57. The molecule has 0 radical (unpaired) electrons. The molecule has 1 aromatic carbocycles. The number of aryl methyl sites for hydroxylation is 1. The van der Waals surface area contributed by atoms with Crippen LogP contribution in [0.4, 0.5) is 0 Å². The van der Waals surface area contributed by atoms with Crippen LogP contribution in [0.2, 0.25) is 0 Å². The average molecular weight is 308 g/mol. The van der Waals surface area contributed by atoms with E-state index in [0.29, 0.717) is 11.6 Å². The molecule has 0 aliphatic carbocycles. The molecule has 0 saturated carbocycles. The molecule has 5 nitrogen and oxygen atoms in total. The molecule has 2 aromatic heterocycles. The molecule has 3 heterocycles. The smallest absolute Gasteiger partial charge is 0.270 e. The van der Waals surface area contributed by atoms with Crippen LogP contribution in [0.15, 0.2) is 42.7 Å². The van der Waals surface area contributed by atoms with E-state index in [-0.39, 0.29) is 5.91 Å². The number of fused-ring (bicyclic) bond motifs is 2. The van der Waals surface area contributed by atoms with Gasteiger partial charge in [0.1, 0.15) is 11.5 Å². The van der Waals surface area contributed by atoms with Gasteiger partial charge in [-0.15, -0.1) is 0 Å². The highest BCUT2D eigenvalue weighted by atomic mass is 16.2. The number of nitrogens with one attached hydrogen (secondary N) is 1. The molecule has 5 heteroatoms. The second-order valence-electron chi connectivity index (χ2n) is 6.36. The van der Waals surface area contributed by atoms with E-state index in [9.17, 15) is 4.79 Å². The number of para-hydroxylation sites is 1. The zero-order valence-electron chi connectivity index (χ0n) is 13.2. The number of imidazole rings is 1. The van der Waals surface area contributed by atoms with Gasteiger partial charge < -0.3 is 14.5 Å². The van der Waals surface area contributed by atoms with Crippen molar-refractivity contribution in [1.82, 2.24) is 19.4 Å². The van der Waals surface area contributed by atoms with Crippen molar-refractivity contribution in [1.29, 1.82) is 0 Å². The van der Waals surface area contributed by atoms with Crippen molar-refractivity contribution in [3.05, 3.63) is 54.2 Å². The average Bonchev–Trinajstić information content (AvgIpc) is 3.19. The van der Waals surface area contributed by atoms with Gasteiger partial charge in [-0.05, 0) is 24.5 Å². The minimum absolute atomic E-state index is 0.0534. The van der Waals surface area contributed by atoms with Crippen molar-refractivity contribution in [3.63, 3.8) is 0 Å². The number of carbonyl (C=O) groups excluding carboxylic acids is 1. The van der Waals surface area contributed by atoms with Crippen LogP contribution in [-0.4, -0.2) is 38.9 Å². The van der Waals surface area contributed by atoms with Crippen LogP contribution in [0.3, 0.4) is 0 Å². The lowest BCUT2D eigenvalue weighted by Crippen LogP contribution is -2.35. The van der Waals surface area contributed by atoms with E-state index in [4.69, 9.17) is 0 Å². The molecule has 0 fully saturated rings. The van der Waals surface area contributed by atoms with Gasteiger partial charge in [0.25, 0.3) is 5.91 Å². The van der Waals surface area contributed by atoms with Gasteiger partial charge in [0, 0.05) is 49.9 Å². The van der Waals surface area contributed by atoms with Crippen molar-refractivity contribution in [2.45, 2.75) is 19.4 Å². The Bertz CT molecular complexity index is 814. The summed E-state index contributed by atoms with van der Waals surface area (Å²) in [4.78, 5) is 22.1. The lowest BCUT2D eigenvalue weighted by Gasteiger charge is -2.28. The lowest BCUT2D eigenvalue weighted by atomic mass is 9.99. The number of H-pyrrole nitrogens is 1. The molecule has 0 spiro atoms. The Balaban J connectivity index is 1.46. The normalized spacial score (nSPS) is 17.2. The van der Waals surface area contributed by atoms with Crippen molar-refractivity contribution in [2.24, 2.45) is 5.92 Å². The summed E-state index contributed by atoms with van der Waals surface area (Å²) < 4.78 is 2.20. The summed E-state index contributed by atoms with van der Waals surface area (Å²) in [6.45, 7) is 1.71. The molecule has 0 unspecified atom stereocenters. The first-order chi connectivity index (χ1) is 11.2. The topological polar surface area (TPSA) is 53.9 Å². The first-order valence-corrected chi connectivity index (χ1v) is 8.04. The summed E-state index contributed by atoms with van der Waals surface area (Å²) in [6, 6.07) is 9.90. The fraction of sp³-hybridized carbons (Fsp3) is 0.333. The summed E-state index contributed by atoms with van der Waals surface area (Å²) in [5.41, 5.74) is 1.66. The molecular formula is C18H20N4O. The molecule has 1 aliphatic rings. The quantitative estimate of drug-likeness (QED) is 0.809. The number of carbonyl (C=O) groups is 1. The Kier molecular flexibility index (Phi) is 3.41. The van der Waals surface area contributed by atoms with Crippen LogP contribution in [0, 0.1) is 5.92 Å². The van der Waals surface area contributed by atoms with Crippen molar-refractivity contribution >= 4 is 16.8 Å². The molecule has 4 rings (SSSR count). The standard InChI is InChI=1S/C18H20N4O/c1-21(11-13-6-7-17-19-8-9-22(17)12-13)18(23)16-10-14-4-2-3-5-15(14)20-16/h2-5,8-10,13,20H,6-7,11-12H2,1H3/t13-/m0/s1. The number of hydrogen-bond acceptors (Lipinski definition) is 2. The summed E-state index contributed by atoms with van der Waals surface area (Å²) in [5.74, 6) is 1.69. The molecule has 0 saturated heterocycles. The highest BCUT2D eigenvalue weighted by Gasteiger charge is 2.23. The first kappa shape index (κ1) is 14.1. The Morgan fingerprint density at radius 2 is 2.30 bits per heavy atom. The van der Waals surface area contributed by atoms with Gasteiger partial charge in [-0.1, -0.05) is 18.2 Å². The molecule has 118 valence electrons. The maximum atomic E-state index is 12.7. The van der Waals surface area contributed by atoms with Crippen molar-refractivity contribution < 1.29 is 4.79 Å². The number of aromatic nitrogens is 3. The first-order valence-electron chi connectivity index (χ1n) is 8.04. The van der Waals surface area contributed by atoms with Crippen LogP contribution in [0.5, 0.6) is 0 Å². The van der Waals surface area contributed by atoms with Gasteiger partial charge in [-0.3, -0.25) is 4.79 Å². The minimum atomic E-state index is 0.0534. The molecule has 1 aliphatic heterocycles. The molecule has 1 amide bonds. The van der Waals surface area contributed by atoms with Crippen LogP contribution in [0.25, 0.3) is 10.9 Å². The maximum absolute atomic E-state index is 12.7. The lowest BCUT2D eigenvalue weighted by molar-refractivity contribution is 0.0755. The van der Waals surface area contributed by atoms with E-state index in [2.05, 4.69) is 14.5 Å². The SMILES string of the molecule is CN(C[C@@H]1CCc2nccn2C1)C(=O)c1cc2ccccc2[nH]1. The van der Waals surface area contributed by atoms with E-state index in [0.717, 1.165) is 42.7 Å². The highest BCUT2D eigenvalue weighted by molar-refractivity contribution is 5.97. The van der Waals surface area contributed by atoms with E-state index < -0.39 is 0 Å². The zero-order valence-corrected chi connectivity index (χ0v) is 13.2. The van der Waals surface area contributed by atoms with E-state index in [1.165, 1.54) is 0 Å². The third-order valence-electron chi connectivity index (χ3n) is 4.67. The third-order valence-corrected chi connectivity index (χ3v) is 4.67. The van der Waals surface area contributed by atoms with Gasteiger partial charge in [0.15, 0.2) is 0 Å². The molecule has 1 atom stereocenters. The van der Waals surface area contributed by atoms with Crippen LogP contribution < -0.4 is 0 Å². The number of rotatable bonds is 3. The monoisotopic (exact) mass is 308 g/mol. The maximum Gasteiger partial charge on any atom is 0.270 e. The number of nitrogens with zero attached hydrogens (tertiary/aromatic N) is 3. The minimum Gasteiger partial charge on any atom is -0.351 e. The number of amides is 1. The largest absolute Gasteiger partial charge is 0.351 e. The number of benzene rings is 1. The fourth-order valence-electron chi connectivity index (χ4n) is 3.45. The number of hydrogen-bond donors (Lipinski definition) is 1. The van der Waals surface area contributed by atoms with Crippen LogP contribution in [0.1, 0.15) is 22.7 Å². The predicted molar refractivity (Wildman–Crippen MR) is 89.3 cm³/mol. The predicted octanol–water partition coefficient (Wildman–Crippen LogP) is 2.70. The second-order valence-corrected chi connectivity index (χ2v) is 6.36. The van der Waals surface area contributed by atoms with Gasteiger partial charge in [0.05, 0.1) is 0 Å². The van der Waals surface area contributed by atoms with E-state index in [1.807, 2.05) is 54.7 Å². The summed E-state index contributed by atoms with van der Waals surface area (Å²) in [7, 11) is 1.89. The van der Waals surface area contributed by atoms with Gasteiger partial charge >= 0.3 is 0 Å². The Morgan fingerprint density at radius 1 is 1.43 bits per heavy atom. The summed E-state index contributed by atoms with van der Waals surface area (Å²) in [6.07, 6.45) is 5.96. The van der Waals surface area contributed by atoms with E-state index >= 15 is 0 Å². The fourth-order valence-corrected chi connectivity index (χ4v) is 3.45. The molecule has 1 N–H and O–H groups in total. The molecule has 3 aromatic rings. The van der Waals surface area contributed by atoms with Gasteiger partial charge in [-0.2, -0.15) is 0 Å². The van der Waals surface area contributed by atoms with Crippen LogP contribution in [-0.2, 0) is 13.0 Å². The Labute approximate surface area is 134 Å². The van der Waals surface area contributed by atoms with Crippen molar-refractivity contribution in [2.75, 3.05) is 13.6 Å². The Hall–Kier alpha value is -2.56. The van der Waals surface area contributed by atoms with Crippen LogP contribution >= 0.6 is 0 Å². The third kappa shape index (κ3) is 2.63. The van der Waals surface area contributed by atoms with E-state index in [1.54, 1.807) is 0 Å². The van der Waals surface area contributed by atoms with Gasteiger partial charge in [-0.25, -0.2) is 4.98 Å².